The van der Waals surface area contributed by atoms with Crippen LogP contribution in [0, 0.1) is 10.1 Å². The van der Waals surface area contributed by atoms with Gasteiger partial charge in [0.05, 0.1) is 23.2 Å². The molecule has 4 rings (SSSR count). The van der Waals surface area contributed by atoms with Crippen LogP contribution in [0.4, 0.5) is 10.5 Å². The smallest absolute Gasteiger partial charge is 0.416 e. The number of nitro groups is 1. The zero-order chi connectivity index (χ0) is 21.4. The van der Waals surface area contributed by atoms with Crippen molar-refractivity contribution >= 4 is 23.1 Å². The Balaban J connectivity index is 1.88. The van der Waals surface area contributed by atoms with Gasteiger partial charge in [-0.1, -0.05) is 6.07 Å². The van der Waals surface area contributed by atoms with Crippen LogP contribution in [-0.4, -0.2) is 43.0 Å². The summed E-state index contributed by atoms with van der Waals surface area (Å²) >= 11 is 0. The number of carboxylic acid groups (broad SMARTS) is 1. The van der Waals surface area contributed by atoms with Crippen molar-refractivity contribution in [2.24, 2.45) is 0 Å². The van der Waals surface area contributed by atoms with Gasteiger partial charge in [0.25, 0.3) is 0 Å². The number of nitro benzene ring substituents is 1. The van der Waals surface area contributed by atoms with Crippen molar-refractivity contribution in [1.82, 2.24) is 14.0 Å². The van der Waals surface area contributed by atoms with Gasteiger partial charge >= 0.3 is 11.8 Å². The van der Waals surface area contributed by atoms with E-state index in [0.29, 0.717) is 16.9 Å². The van der Waals surface area contributed by atoms with E-state index in [4.69, 9.17) is 4.74 Å². The van der Waals surface area contributed by atoms with Gasteiger partial charge in [-0.3, -0.25) is 23.9 Å². The second kappa shape index (κ2) is 7.17. The van der Waals surface area contributed by atoms with Crippen molar-refractivity contribution in [3.63, 3.8) is 0 Å². The molecule has 0 unspecified atom stereocenters. The fourth-order valence-corrected chi connectivity index (χ4v) is 3.23. The second-order valence-electron chi connectivity index (χ2n) is 6.26. The third-order valence-corrected chi connectivity index (χ3v) is 4.59. The Bertz CT molecular complexity index is 1320. The number of nitrogens with zero attached hydrogens (tertiary/aromatic N) is 4. The van der Waals surface area contributed by atoms with Crippen LogP contribution in [0.25, 0.3) is 16.9 Å². The molecule has 0 aliphatic carbocycles. The minimum absolute atomic E-state index is 0.0367. The summed E-state index contributed by atoms with van der Waals surface area (Å²) in [5.74, 6) is -0.509. The molecule has 0 aliphatic rings. The first-order chi connectivity index (χ1) is 14.4. The molecular weight excluding hydrogens is 392 g/mol. The summed E-state index contributed by atoms with van der Waals surface area (Å²) in [7, 11) is 1.28. The zero-order valence-corrected chi connectivity index (χ0v) is 15.6. The zero-order valence-electron chi connectivity index (χ0n) is 15.6. The number of carbonyl (C=O) groups excluding carboxylic acids is 1. The third kappa shape index (κ3) is 2.96. The monoisotopic (exact) mass is 406 g/mol. The lowest BCUT2D eigenvalue weighted by Crippen LogP contribution is -2.08. The number of aromatic nitrogens is 3. The number of hydrogen-bond donors (Lipinski definition) is 1. The highest BCUT2D eigenvalue weighted by Gasteiger charge is 2.24. The summed E-state index contributed by atoms with van der Waals surface area (Å²) in [6, 6.07) is 12.1. The normalized spacial score (nSPS) is 10.8. The number of methoxy groups -OCH3 is 1. The summed E-state index contributed by atoms with van der Waals surface area (Å²) in [4.78, 5) is 39.6. The van der Waals surface area contributed by atoms with Gasteiger partial charge in [0, 0.05) is 24.0 Å². The van der Waals surface area contributed by atoms with Gasteiger partial charge in [-0.25, -0.2) is 9.78 Å². The first-order valence-electron chi connectivity index (χ1n) is 8.67. The minimum atomic E-state index is -1.18. The Kier molecular flexibility index (Phi) is 4.51. The molecule has 150 valence electrons. The number of rotatable bonds is 5. The van der Waals surface area contributed by atoms with Crippen molar-refractivity contribution < 1.29 is 24.4 Å². The highest BCUT2D eigenvalue weighted by Crippen LogP contribution is 2.30. The van der Waals surface area contributed by atoms with E-state index in [2.05, 4.69) is 4.98 Å². The Hall–Kier alpha value is -4.47. The molecule has 0 saturated carbocycles. The second-order valence-corrected chi connectivity index (χ2v) is 6.26. The van der Waals surface area contributed by atoms with Crippen LogP contribution in [-0.2, 0) is 0 Å². The summed E-state index contributed by atoms with van der Waals surface area (Å²) in [6.45, 7) is 0. The lowest BCUT2D eigenvalue weighted by molar-refractivity contribution is -0.385. The van der Waals surface area contributed by atoms with Crippen molar-refractivity contribution in [3.05, 3.63) is 82.4 Å². The summed E-state index contributed by atoms with van der Waals surface area (Å²) in [6.07, 6.45) is 1.84. The third-order valence-electron chi connectivity index (χ3n) is 4.59. The Morgan fingerprint density at radius 3 is 2.63 bits per heavy atom. The van der Waals surface area contributed by atoms with E-state index in [1.54, 1.807) is 40.9 Å². The van der Waals surface area contributed by atoms with E-state index >= 15 is 0 Å². The molecule has 0 aliphatic heterocycles. The average Bonchev–Trinajstić information content (AvgIpc) is 3.37. The van der Waals surface area contributed by atoms with Gasteiger partial charge in [0.1, 0.15) is 5.69 Å². The van der Waals surface area contributed by atoms with Crippen LogP contribution in [0.1, 0.15) is 16.2 Å². The molecule has 0 amide bonds. The highest BCUT2D eigenvalue weighted by molar-refractivity contribution is 6.08. The largest absolute Gasteiger partial charge is 0.490 e. The van der Waals surface area contributed by atoms with E-state index in [-0.39, 0.29) is 22.8 Å². The molecule has 1 aromatic carbocycles. The van der Waals surface area contributed by atoms with Gasteiger partial charge in [0.15, 0.2) is 11.6 Å². The fraction of sp³-hybridized carbons (Fsp3) is 0.0500. The van der Waals surface area contributed by atoms with Gasteiger partial charge in [-0.15, -0.1) is 0 Å². The molecule has 10 heteroatoms. The summed E-state index contributed by atoms with van der Waals surface area (Å²) in [5, 5.41) is 20.5. The van der Waals surface area contributed by atoms with E-state index in [1.165, 1.54) is 31.5 Å². The molecule has 0 atom stereocenters. The Morgan fingerprint density at radius 2 is 1.93 bits per heavy atom. The molecule has 0 spiro atoms. The maximum atomic E-state index is 13.2. The summed E-state index contributed by atoms with van der Waals surface area (Å²) < 4.78 is 7.60. The minimum Gasteiger partial charge on any atom is -0.490 e. The molecule has 10 nitrogen and oxygen atoms in total. The molecule has 0 fully saturated rings. The molecule has 3 aromatic heterocycles. The van der Waals surface area contributed by atoms with Gasteiger partial charge in [-0.05, 0) is 36.4 Å². The van der Waals surface area contributed by atoms with Gasteiger partial charge in [-0.2, -0.15) is 0 Å². The predicted octanol–water partition coefficient (Wildman–Crippen LogP) is 3.48. The fourth-order valence-electron chi connectivity index (χ4n) is 3.23. The number of benzene rings is 1. The molecule has 30 heavy (non-hydrogen) atoms. The lowest BCUT2D eigenvalue weighted by Gasteiger charge is -2.05. The number of ether oxygens (including phenoxy) is 1. The molecule has 0 saturated heterocycles. The number of fused-ring (bicyclic) bond motifs is 1. The lowest BCUT2D eigenvalue weighted by atomic mass is 10.1. The van der Waals surface area contributed by atoms with Crippen LogP contribution >= 0.6 is 0 Å². The standard InChI is InChI=1S/C20H14N4O6/c1-30-16-11-12(7-8-13(16)24(28)29)18(25)19-21-17(14-5-2-3-9-22(14)19)15-6-4-10-23(15)20(26)27/h2-11H,1H3,(H,26,27). The van der Waals surface area contributed by atoms with Crippen LogP contribution in [0.15, 0.2) is 60.9 Å². The summed E-state index contributed by atoms with van der Waals surface area (Å²) in [5.41, 5.74) is 1.05. The first-order valence-corrected chi connectivity index (χ1v) is 8.67. The molecule has 0 radical (unpaired) electrons. The highest BCUT2D eigenvalue weighted by atomic mass is 16.6. The molecule has 4 aromatic rings. The van der Waals surface area contributed by atoms with E-state index in [9.17, 15) is 24.8 Å². The maximum absolute atomic E-state index is 13.2. The van der Waals surface area contributed by atoms with E-state index in [0.717, 1.165) is 4.57 Å². The topological polar surface area (TPSA) is 129 Å². The average molecular weight is 406 g/mol. The first kappa shape index (κ1) is 18.9. The van der Waals surface area contributed by atoms with Crippen LogP contribution in [0.2, 0.25) is 0 Å². The number of hydrogen-bond acceptors (Lipinski definition) is 6. The van der Waals surface area contributed by atoms with Crippen molar-refractivity contribution in [3.8, 4) is 17.1 Å². The Labute approximate surface area is 168 Å². The molecule has 1 N–H and O–H groups in total. The Morgan fingerprint density at radius 1 is 1.13 bits per heavy atom. The number of ketones is 1. The van der Waals surface area contributed by atoms with E-state index < -0.39 is 16.8 Å². The molecular formula is C20H14N4O6. The molecule has 3 heterocycles. The van der Waals surface area contributed by atoms with E-state index in [1.807, 2.05) is 0 Å². The quantitative estimate of drug-likeness (QED) is 0.305. The molecule has 0 bridgehead atoms. The SMILES string of the molecule is COc1cc(C(=O)c2nc(-c3cccn3C(=O)O)c3ccccn23)ccc1[N+](=O)[O-]. The van der Waals surface area contributed by atoms with Crippen molar-refractivity contribution in [1.29, 1.82) is 0 Å². The van der Waals surface area contributed by atoms with Crippen molar-refractivity contribution in [2.75, 3.05) is 7.11 Å². The number of carbonyl (C=O) groups is 2. The predicted molar refractivity (Wildman–Crippen MR) is 105 cm³/mol. The van der Waals surface area contributed by atoms with Crippen LogP contribution in [0.3, 0.4) is 0 Å². The van der Waals surface area contributed by atoms with Crippen LogP contribution in [0.5, 0.6) is 5.75 Å². The van der Waals surface area contributed by atoms with Gasteiger partial charge in [0.2, 0.25) is 5.78 Å². The van der Waals surface area contributed by atoms with Crippen LogP contribution < -0.4 is 4.74 Å². The number of imidazole rings is 1. The van der Waals surface area contributed by atoms with Gasteiger partial charge < -0.3 is 9.84 Å². The maximum Gasteiger partial charge on any atom is 0.416 e. The van der Waals surface area contributed by atoms with Crippen molar-refractivity contribution in [2.45, 2.75) is 0 Å². The number of pyridine rings is 1.